The summed E-state index contributed by atoms with van der Waals surface area (Å²) in [6.07, 6.45) is 3.95. The molecule has 1 heterocycles. The predicted octanol–water partition coefficient (Wildman–Crippen LogP) is 2.21. The fourth-order valence-electron chi connectivity index (χ4n) is 1.02. The quantitative estimate of drug-likeness (QED) is 0.603. The van der Waals surface area contributed by atoms with Gasteiger partial charge in [0.2, 0.25) is 0 Å². The Morgan fingerprint density at radius 1 is 1.36 bits per heavy atom. The van der Waals surface area contributed by atoms with Crippen LogP contribution in [0.15, 0.2) is 6.20 Å². The zero-order chi connectivity index (χ0) is 8.27. The van der Waals surface area contributed by atoms with Gasteiger partial charge in [0.1, 0.15) is 0 Å². The summed E-state index contributed by atoms with van der Waals surface area (Å²) in [6, 6.07) is 0. The van der Waals surface area contributed by atoms with E-state index in [1.54, 1.807) is 0 Å². The number of hydrogen-bond acceptors (Lipinski definition) is 2. The van der Waals surface area contributed by atoms with Crippen LogP contribution in [0.25, 0.3) is 0 Å². The second-order valence-electron chi connectivity index (χ2n) is 2.32. The standard InChI is InChI=1S/C8H11IN2/c1-3-6-5-10-8(9)11-7(6)4-2/h5H,3-4H2,1-2H3. The molecule has 0 atom stereocenters. The van der Waals surface area contributed by atoms with Gasteiger partial charge in [-0.05, 0) is 18.4 Å². The van der Waals surface area contributed by atoms with E-state index in [0.29, 0.717) is 0 Å². The summed E-state index contributed by atoms with van der Waals surface area (Å²) in [6.45, 7) is 4.25. The molecule has 0 aromatic carbocycles. The lowest BCUT2D eigenvalue weighted by Crippen LogP contribution is -1.99. The van der Waals surface area contributed by atoms with E-state index in [4.69, 9.17) is 0 Å². The van der Waals surface area contributed by atoms with Gasteiger partial charge in [-0.3, -0.25) is 0 Å². The number of halogens is 1. The third kappa shape index (κ3) is 2.12. The number of rotatable bonds is 2. The van der Waals surface area contributed by atoms with Gasteiger partial charge < -0.3 is 0 Å². The molecule has 0 bridgehead atoms. The molecule has 0 N–H and O–H groups in total. The first kappa shape index (κ1) is 8.90. The highest BCUT2D eigenvalue weighted by Crippen LogP contribution is 2.07. The molecule has 60 valence electrons. The predicted molar refractivity (Wildman–Crippen MR) is 53.5 cm³/mol. The van der Waals surface area contributed by atoms with E-state index in [-0.39, 0.29) is 0 Å². The molecule has 0 saturated heterocycles. The van der Waals surface area contributed by atoms with Crippen molar-refractivity contribution in [1.29, 1.82) is 0 Å². The van der Waals surface area contributed by atoms with Crippen molar-refractivity contribution in [3.8, 4) is 0 Å². The van der Waals surface area contributed by atoms with Crippen molar-refractivity contribution in [3.63, 3.8) is 0 Å². The van der Waals surface area contributed by atoms with E-state index in [1.165, 1.54) is 11.3 Å². The summed E-state index contributed by atoms with van der Waals surface area (Å²) >= 11 is 2.14. The normalized spacial score (nSPS) is 10.1. The summed E-state index contributed by atoms with van der Waals surface area (Å²) in [5.41, 5.74) is 2.46. The van der Waals surface area contributed by atoms with Crippen molar-refractivity contribution in [2.24, 2.45) is 0 Å². The van der Waals surface area contributed by atoms with Crippen LogP contribution in [0.5, 0.6) is 0 Å². The minimum absolute atomic E-state index is 0.844. The van der Waals surface area contributed by atoms with Crippen LogP contribution in [0.3, 0.4) is 0 Å². The zero-order valence-electron chi connectivity index (χ0n) is 6.76. The van der Waals surface area contributed by atoms with Crippen LogP contribution in [0.4, 0.5) is 0 Å². The molecular weight excluding hydrogens is 251 g/mol. The van der Waals surface area contributed by atoms with Gasteiger partial charge >= 0.3 is 0 Å². The minimum Gasteiger partial charge on any atom is -0.231 e. The number of aromatic nitrogens is 2. The number of hydrogen-bond donors (Lipinski definition) is 0. The molecular formula is C8H11IN2. The molecule has 0 amide bonds. The van der Waals surface area contributed by atoms with Gasteiger partial charge in [-0.1, -0.05) is 13.8 Å². The first-order valence-electron chi connectivity index (χ1n) is 3.78. The van der Waals surface area contributed by atoms with Crippen LogP contribution < -0.4 is 0 Å². The minimum atomic E-state index is 0.844. The molecule has 2 nitrogen and oxygen atoms in total. The van der Waals surface area contributed by atoms with Crippen LogP contribution in [0.2, 0.25) is 0 Å². The molecule has 11 heavy (non-hydrogen) atoms. The van der Waals surface area contributed by atoms with Crippen LogP contribution in [0.1, 0.15) is 25.1 Å². The Kier molecular flexibility index (Phi) is 3.23. The molecule has 0 unspecified atom stereocenters. The molecule has 1 aromatic heterocycles. The SMILES string of the molecule is CCc1cnc(I)nc1CC. The van der Waals surface area contributed by atoms with Gasteiger partial charge in [-0.2, -0.15) is 0 Å². The third-order valence-electron chi connectivity index (χ3n) is 1.64. The molecule has 0 aliphatic rings. The van der Waals surface area contributed by atoms with Gasteiger partial charge in [-0.15, -0.1) is 0 Å². The second-order valence-corrected chi connectivity index (χ2v) is 3.28. The van der Waals surface area contributed by atoms with Crippen molar-refractivity contribution in [1.82, 2.24) is 9.97 Å². The summed E-state index contributed by atoms with van der Waals surface area (Å²) in [4.78, 5) is 8.47. The highest BCUT2D eigenvalue weighted by Gasteiger charge is 2.00. The lowest BCUT2D eigenvalue weighted by atomic mass is 10.1. The Bertz CT molecular complexity index is 248. The lowest BCUT2D eigenvalue weighted by molar-refractivity contribution is 0.909. The Morgan fingerprint density at radius 2 is 2.09 bits per heavy atom. The fraction of sp³-hybridized carbons (Fsp3) is 0.500. The average molecular weight is 262 g/mol. The maximum absolute atomic E-state index is 4.34. The first-order chi connectivity index (χ1) is 5.27. The van der Waals surface area contributed by atoms with Crippen LogP contribution in [-0.2, 0) is 12.8 Å². The van der Waals surface area contributed by atoms with E-state index < -0.39 is 0 Å². The van der Waals surface area contributed by atoms with E-state index in [1.807, 2.05) is 6.20 Å². The Morgan fingerprint density at radius 3 is 2.64 bits per heavy atom. The molecule has 1 rings (SSSR count). The van der Waals surface area contributed by atoms with Gasteiger partial charge in [0.05, 0.1) is 0 Å². The van der Waals surface area contributed by atoms with Crippen LogP contribution in [0, 0.1) is 3.83 Å². The number of nitrogens with zero attached hydrogens (tertiary/aromatic N) is 2. The van der Waals surface area contributed by atoms with Crippen molar-refractivity contribution >= 4 is 22.6 Å². The van der Waals surface area contributed by atoms with Gasteiger partial charge in [0.25, 0.3) is 0 Å². The van der Waals surface area contributed by atoms with Gasteiger partial charge in [0, 0.05) is 34.5 Å². The van der Waals surface area contributed by atoms with E-state index in [0.717, 1.165) is 16.7 Å². The maximum atomic E-state index is 4.34. The summed E-state index contributed by atoms with van der Waals surface area (Å²) < 4.78 is 0.844. The monoisotopic (exact) mass is 262 g/mol. The average Bonchev–Trinajstić information content (AvgIpc) is 2.04. The smallest absolute Gasteiger partial charge is 0.190 e. The highest BCUT2D eigenvalue weighted by atomic mass is 127. The summed E-state index contributed by atoms with van der Waals surface area (Å²) in [5.74, 6) is 0. The third-order valence-corrected chi connectivity index (χ3v) is 2.16. The highest BCUT2D eigenvalue weighted by molar-refractivity contribution is 14.1. The Hall–Kier alpha value is -0.190. The van der Waals surface area contributed by atoms with Crippen LogP contribution in [-0.4, -0.2) is 9.97 Å². The molecule has 0 spiro atoms. The Balaban J connectivity index is 3.06. The molecule has 1 aromatic rings. The number of aryl methyl sites for hydroxylation is 2. The lowest BCUT2D eigenvalue weighted by Gasteiger charge is -2.02. The fourth-order valence-corrected chi connectivity index (χ4v) is 1.45. The van der Waals surface area contributed by atoms with E-state index in [9.17, 15) is 0 Å². The van der Waals surface area contributed by atoms with Crippen LogP contribution >= 0.6 is 22.6 Å². The van der Waals surface area contributed by atoms with E-state index in [2.05, 4.69) is 46.4 Å². The molecule has 0 fully saturated rings. The van der Waals surface area contributed by atoms with Gasteiger partial charge in [0.15, 0.2) is 3.83 Å². The van der Waals surface area contributed by atoms with E-state index >= 15 is 0 Å². The molecule has 3 heteroatoms. The van der Waals surface area contributed by atoms with Crippen molar-refractivity contribution in [2.45, 2.75) is 26.7 Å². The van der Waals surface area contributed by atoms with Crippen molar-refractivity contribution in [2.75, 3.05) is 0 Å². The molecule has 0 aliphatic carbocycles. The Labute approximate surface area is 80.6 Å². The zero-order valence-corrected chi connectivity index (χ0v) is 8.92. The molecule has 0 aliphatic heterocycles. The maximum Gasteiger partial charge on any atom is 0.190 e. The van der Waals surface area contributed by atoms with Gasteiger partial charge in [-0.25, -0.2) is 9.97 Å². The first-order valence-corrected chi connectivity index (χ1v) is 4.86. The summed E-state index contributed by atoms with van der Waals surface area (Å²) in [5, 5.41) is 0. The largest absolute Gasteiger partial charge is 0.231 e. The molecule has 0 radical (unpaired) electrons. The van der Waals surface area contributed by atoms with Crippen molar-refractivity contribution in [3.05, 3.63) is 21.3 Å². The molecule has 0 saturated carbocycles. The summed E-state index contributed by atoms with van der Waals surface area (Å²) in [7, 11) is 0. The second kappa shape index (κ2) is 3.99. The topological polar surface area (TPSA) is 25.8 Å². The van der Waals surface area contributed by atoms with Crippen molar-refractivity contribution < 1.29 is 0 Å².